The molecule has 29 heavy (non-hydrogen) atoms. The van der Waals surface area contributed by atoms with Crippen LogP contribution in [0.5, 0.6) is 0 Å². The molecule has 6 nitrogen and oxygen atoms in total. The smallest absolute Gasteiger partial charge is 0.253 e. The lowest BCUT2D eigenvalue weighted by atomic mass is 10.1. The number of hydrogen-bond acceptors (Lipinski definition) is 4. The highest BCUT2D eigenvalue weighted by Gasteiger charge is 2.31. The van der Waals surface area contributed by atoms with Crippen LogP contribution in [0.15, 0.2) is 24.3 Å². The lowest BCUT2D eigenvalue weighted by Crippen LogP contribution is -2.49. The van der Waals surface area contributed by atoms with E-state index in [1.54, 1.807) is 0 Å². The van der Waals surface area contributed by atoms with Crippen LogP contribution < -0.4 is 10.6 Å². The SMILES string of the molecule is Cl.O=C(NCc1ccc(C(=O)N2CCC(N3CCNCC3)C2)cc1)C1CCCC1. The van der Waals surface area contributed by atoms with E-state index in [0.717, 1.165) is 69.7 Å². The minimum absolute atomic E-state index is 0. The summed E-state index contributed by atoms with van der Waals surface area (Å²) in [5, 5.41) is 6.43. The van der Waals surface area contributed by atoms with Crippen molar-refractivity contribution in [2.75, 3.05) is 39.3 Å². The van der Waals surface area contributed by atoms with Crippen molar-refractivity contribution in [3.63, 3.8) is 0 Å². The molecule has 0 radical (unpaired) electrons. The predicted molar refractivity (Wildman–Crippen MR) is 116 cm³/mol. The van der Waals surface area contributed by atoms with Gasteiger partial charge in [0.2, 0.25) is 5.91 Å². The molecule has 2 saturated heterocycles. The Bertz CT molecular complexity index is 685. The number of benzene rings is 1. The molecule has 4 rings (SSSR count). The van der Waals surface area contributed by atoms with Crippen LogP contribution in [0.4, 0.5) is 0 Å². The van der Waals surface area contributed by atoms with Crippen LogP contribution in [-0.4, -0.2) is 66.9 Å². The second kappa shape index (κ2) is 10.4. The number of hydrogen-bond donors (Lipinski definition) is 2. The standard InChI is InChI=1S/C22H32N4O2.ClH/c27-21(18-3-1-2-4-18)24-15-17-5-7-19(8-6-17)22(28)26-12-9-20(16-26)25-13-10-23-11-14-25;/h5-8,18,20,23H,1-4,9-16H2,(H,24,27);1H. The van der Waals surface area contributed by atoms with Crippen molar-refractivity contribution >= 4 is 24.2 Å². The van der Waals surface area contributed by atoms with Gasteiger partial charge in [-0.1, -0.05) is 25.0 Å². The van der Waals surface area contributed by atoms with Crippen molar-refractivity contribution in [3.8, 4) is 0 Å². The molecule has 1 aliphatic carbocycles. The number of nitrogens with one attached hydrogen (secondary N) is 2. The van der Waals surface area contributed by atoms with Gasteiger partial charge < -0.3 is 15.5 Å². The van der Waals surface area contributed by atoms with Crippen molar-refractivity contribution in [2.24, 2.45) is 5.92 Å². The van der Waals surface area contributed by atoms with E-state index in [9.17, 15) is 9.59 Å². The number of carbonyl (C=O) groups is 2. The summed E-state index contributed by atoms with van der Waals surface area (Å²) in [5.41, 5.74) is 1.79. The summed E-state index contributed by atoms with van der Waals surface area (Å²) in [6.45, 7) is 6.46. The Morgan fingerprint density at radius 3 is 2.38 bits per heavy atom. The average molecular weight is 421 g/mol. The van der Waals surface area contributed by atoms with Crippen LogP contribution in [0.25, 0.3) is 0 Å². The number of likely N-dealkylation sites (tertiary alicyclic amines) is 1. The molecular formula is C22H33ClN4O2. The maximum absolute atomic E-state index is 12.9. The number of rotatable bonds is 5. The molecule has 1 saturated carbocycles. The third kappa shape index (κ3) is 5.50. The van der Waals surface area contributed by atoms with Gasteiger partial charge in [-0.2, -0.15) is 0 Å². The predicted octanol–water partition coefficient (Wildman–Crippen LogP) is 2.03. The normalized spacial score (nSPS) is 23.0. The van der Waals surface area contributed by atoms with Crippen molar-refractivity contribution < 1.29 is 9.59 Å². The Hall–Kier alpha value is -1.63. The molecule has 1 atom stereocenters. The first-order chi connectivity index (χ1) is 13.7. The van der Waals surface area contributed by atoms with Gasteiger partial charge in [-0.25, -0.2) is 0 Å². The fraction of sp³-hybridized carbons (Fsp3) is 0.636. The number of carbonyl (C=O) groups excluding carboxylic acids is 2. The first-order valence-corrected chi connectivity index (χ1v) is 10.8. The summed E-state index contributed by atoms with van der Waals surface area (Å²) in [6.07, 6.45) is 5.44. The van der Waals surface area contributed by atoms with Gasteiger partial charge in [-0.3, -0.25) is 14.5 Å². The van der Waals surface area contributed by atoms with Gasteiger partial charge in [-0.05, 0) is 37.0 Å². The van der Waals surface area contributed by atoms with Gasteiger partial charge in [0, 0.05) is 63.3 Å². The maximum Gasteiger partial charge on any atom is 0.253 e. The molecular weight excluding hydrogens is 388 g/mol. The van der Waals surface area contributed by atoms with Gasteiger partial charge in [-0.15, -0.1) is 12.4 Å². The molecule has 3 fully saturated rings. The van der Waals surface area contributed by atoms with Crippen LogP contribution >= 0.6 is 12.4 Å². The number of amides is 2. The summed E-state index contributed by atoms with van der Waals surface area (Å²) >= 11 is 0. The largest absolute Gasteiger partial charge is 0.352 e. The molecule has 160 valence electrons. The number of piperazine rings is 1. The molecule has 2 heterocycles. The quantitative estimate of drug-likeness (QED) is 0.765. The third-order valence-electron chi connectivity index (χ3n) is 6.51. The van der Waals surface area contributed by atoms with Gasteiger partial charge in [0.15, 0.2) is 0 Å². The lowest BCUT2D eigenvalue weighted by Gasteiger charge is -2.32. The lowest BCUT2D eigenvalue weighted by molar-refractivity contribution is -0.124. The summed E-state index contributed by atoms with van der Waals surface area (Å²) < 4.78 is 0. The second-order valence-corrected chi connectivity index (χ2v) is 8.38. The monoisotopic (exact) mass is 420 g/mol. The van der Waals surface area contributed by atoms with Gasteiger partial charge in [0.05, 0.1) is 0 Å². The van der Waals surface area contributed by atoms with Crippen LogP contribution in [0.1, 0.15) is 48.0 Å². The minimum atomic E-state index is 0. The van der Waals surface area contributed by atoms with Gasteiger partial charge in [0.1, 0.15) is 0 Å². The number of nitrogens with zero attached hydrogens (tertiary/aromatic N) is 2. The van der Waals surface area contributed by atoms with E-state index in [1.165, 1.54) is 12.8 Å². The molecule has 1 unspecified atom stereocenters. The summed E-state index contributed by atoms with van der Waals surface area (Å²) in [6, 6.07) is 8.23. The van der Waals surface area contributed by atoms with Crippen LogP contribution in [0.2, 0.25) is 0 Å². The maximum atomic E-state index is 12.9. The van der Waals surface area contributed by atoms with E-state index in [-0.39, 0.29) is 30.1 Å². The highest BCUT2D eigenvalue weighted by atomic mass is 35.5. The third-order valence-corrected chi connectivity index (χ3v) is 6.51. The highest BCUT2D eigenvalue weighted by molar-refractivity contribution is 5.94. The summed E-state index contributed by atoms with van der Waals surface area (Å²) in [5.74, 6) is 0.493. The molecule has 1 aromatic carbocycles. The van der Waals surface area contributed by atoms with E-state index in [0.29, 0.717) is 12.6 Å². The first kappa shape index (κ1) is 22.1. The fourth-order valence-electron chi connectivity index (χ4n) is 4.74. The molecule has 2 N–H and O–H groups in total. The Kier molecular flexibility index (Phi) is 7.92. The summed E-state index contributed by atoms with van der Waals surface area (Å²) in [7, 11) is 0. The first-order valence-electron chi connectivity index (χ1n) is 10.8. The zero-order valence-corrected chi connectivity index (χ0v) is 17.9. The zero-order chi connectivity index (χ0) is 19.3. The molecule has 0 bridgehead atoms. The van der Waals surface area contributed by atoms with Crippen LogP contribution in [-0.2, 0) is 11.3 Å². The molecule has 3 aliphatic rings. The summed E-state index contributed by atoms with van der Waals surface area (Å²) in [4.78, 5) is 29.5. The van der Waals surface area contributed by atoms with E-state index < -0.39 is 0 Å². The van der Waals surface area contributed by atoms with E-state index >= 15 is 0 Å². The fourth-order valence-corrected chi connectivity index (χ4v) is 4.74. The van der Waals surface area contributed by atoms with Crippen molar-refractivity contribution in [2.45, 2.75) is 44.7 Å². The molecule has 1 aromatic rings. The Labute approximate surface area is 179 Å². The second-order valence-electron chi connectivity index (χ2n) is 8.38. The van der Waals surface area contributed by atoms with E-state index in [4.69, 9.17) is 0 Å². The van der Waals surface area contributed by atoms with Gasteiger partial charge in [0.25, 0.3) is 5.91 Å². The Morgan fingerprint density at radius 1 is 1.00 bits per heavy atom. The van der Waals surface area contributed by atoms with Crippen LogP contribution in [0, 0.1) is 5.92 Å². The molecule has 7 heteroatoms. The van der Waals surface area contributed by atoms with Crippen molar-refractivity contribution in [1.29, 1.82) is 0 Å². The molecule has 2 amide bonds. The van der Waals surface area contributed by atoms with Gasteiger partial charge >= 0.3 is 0 Å². The number of halogens is 1. The van der Waals surface area contributed by atoms with E-state index in [1.807, 2.05) is 29.2 Å². The molecule has 2 aliphatic heterocycles. The van der Waals surface area contributed by atoms with Crippen molar-refractivity contribution in [1.82, 2.24) is 20.4 Å². The molecule has 0 spiro atoms. The van der Waals surface area contributed by atoms with Crippen molar-refractivity contribution in [3.05, 3.63) is 35.4 Å². The van der Waals surface area contributed by atoms with Crippen LogP contribution in [0.3, 0.4) is 0 Å². The Balaban J connectivity index is 0.00000240. The molecule has 0 aromatic heterocycles. The Morgan fingerprint density at radius 2 is 1.69 bits per heavy atom. The topological polar surface area (TPSA) is 64.7 Å². The van der Waals surface area contributed by atoms with E-state index in [2.05, 4.69) is 15.5 Å². The average Bonchev–Trinajstić information content (AvgIpc) is 3.45. The highest BCUT2D eigenvalue weighted by Crippen LogP contribution is 2.24. The minimum Gasteiger partial charge on any atom is -0.352 e. The zero-order valence-electron chi connectivity index (χ0n) is 17.1.